The lowest BCUT2D eigenvalue weighted by Crippen LogP contribution is -2.00. The highest BCUT2D eigenvalue weighted by atomic mass is 79.9. The molecule has 0 N–H and O–H groups in total. The summed E-state index contributed by atoms with van der Waals surface area (Å²) < 4.78 is 0. The average molecular weight is 293 g/mol. The van der Waals surface area contributed by atoms with Crippen LogP contribution in [0.15, 0.2) is 18.2 Å². The Bertz CT molecular complexity index is 357. The first-order valence-electron chi connectivity index (χ1n) is 4.57. The van der Waals surface area contributed by atoms with E-state index in [1.54, 1.807) is 6.07 Å². The molecule has 0 saturated heterocycles. The summed E-state index contributed by atoms with van der Waals surface area (Å²) in [5.74, 6) is 0.319. The van der Waals surface area contributed by atoms with Crippen LogP contribution in [0.3, 0.4) is 0 Å². The molecule has 82 valence electrons. The fourth-order valence-corrected chi connectivity index (χ4v) is 1.98. The zero-order valence-corrected chi connectivity index (χ0v) is 10.4. The van der Waals surface area contributed by atoms with Gasteiger partial charge in [-0.25, -0.2) is 0 Å². The molecule has 0 amide bonds. The fraction of sp³-hybridized carbons (Fsp3) is 0.400. The Morgan fingerprint density at radius 2 is 2.20 bits per heavy atom. The highest BCUT2D eigenvalue weighted by Crippen LogP contribution is 2.25. The first kappa shape index (κ1) is 12.5. The van der Waals surface area contributed by atoms with E-state index in [0.717, 1.165) is 22.9 Å². The van der Waals surface area contributed by atoms with E-state index in [0.29, 0.717) is 12.3 Å². The zero-order chi connectivity index (χ0) is 11.3. The van der Waals surface area contributed by atoms with Crippen molar-refractivity contribution in [1.29, 1.82) is 0 Å². The molecule has 0 atom stereocenters. The van der Waals surface area contributed by atoms with E-state index < -0.39 is 0 Å². The Morgan fingerprint density at radius 3 is 2.73 bits per heavy atom. The highest BCUT2D eigenvalue weighted by Gasteiger charge is 2.15. The first-order chi connectivity index (χ1) is 7.20. The molecule has 0 fully saturated rings. The maximum Gasteiger partial charge on any atom is 0.272 e. The molecule has 0 unspecified atom stereocenters. The summed E-state index contributed by atoms with van der Waals surface area (Å²) in [4.78, 5) is 10.5. The monoisotopic (exact) mass is 291 g/mol. The smallest absolute Gasteiger partial charge is 0.258 e. The molecule has 0 aliphatic carbocycles. The second kappa shape index (κ2) is 6.08. The maximum absolute atomic E-state index is 10.8. The van der Waals surface area contributed by atoms with Gasteiger partial charge in [-0.15, -0.1) is 11.6 Å². The molecule has 0 aromatic heterocycles. The van der Waals surface area contributed by atoms with Crippen molar-refractivity contribution in [3.63, 3.8) is 0 Å². The number of nitro benzene ring substituents is 1. The number of hydrogen-bond acceptors (Lipinski definition) is 2. The maximum atomic E-state index is 10.8. The van der Waals surface area contributed by atoms with Gasteiger partial charge in [0.25, 0.3) is 5.69 Å². The third kappa shape index (κ3) is 3.18. The van der Waals surface area contributed by atoms with Gasteiger partial charge in [0.15, 0.2) is 0 Å². The summed E-state index contributed by atoms with van der Waals surface area (Å²) in [6.07, 6.45) is 1.55. The van der Waals surface area contributed by atoms with Crippen LogP contribution in [0.4, 0.5) is 5.69 Å². The summed E-state index contributed by atoms with van der Waals surface area (Å²) in [5, 5.41) is 11.6. The molecule has 1 rings (SSSR count). The van der Waals surface area contributed by atoms with Crippen LogP contribution in [0.1, 0.15) is 17.5 Å². The standard InChI is InChI=1S/C10H11BrClNO2/c11-6-2-4-9-8(7-12)3-1-5-10(9)13(14)15/h1,3,5H,2,4,6-7H2. The lowest BCUT2D eigenvalue weighted by molar-refractivity contribution is -0.385. The SMILES string of the molecule is O=[N+]([O-])c1cccc(CCl)c1CCCBr. The summed E-state index contributed by atoms with van der Waals surface area (Å²) in [7, 11) is 0. The van der Waals surface area contributed by atoms with Crippen LogP contribution in [0.2, 0.25) is 0 Å². The topological polar surface area (TPSA) is 43.1 Å². The quantitative estimate of drug-likeness (QED) is 0.472. The number of rotatable bonds is 5. The summed E-state index contributed by atoms with van der Waals surface area (Å²) >= 11 is 9.07. The van der Waals surface area contributed by atoms with Gasteiger partial charge in [-0.1, -0.05) is 28.1 Å². The Balaban J connectivity index is 3.08. The number of benzene rings is 1. The second-order valence-corrected chi connectivity index (χ2v) is 4.16. The molecular formula is C10H11BrClNO2. The van der Waals surface area contributed by atoms with Crippen molar-refractivity contribution in [3.05, 3.63) is 39.4 Å². The van der Waals surface area contributed by atoms with Crippen molar-refractivity contribution in [2.24, 2.45) is 0 Å². The van der Waals surface area contributed by atoms with Gasteiger partial charge in [-0.2, -0.15) is 0 Å². The van der Waals surface area contributed by atoms with Crippen LogP contribution in [-0.4, -0.2) is 10.3 Å². The van der Waals surface area contributed by atoms with Crippen molar-refractivity contribution in [1.82, 2.24) is 0 Å². The molecule has 5 heteroatoms. The molecule has 1 aromatic rings. The van der Waals surface area contributed by atoms with Gasteiger partial charge in [-0.05, 0) is 18.4 Å². The zero-order valence-electron chi connectivity index (χ0n) is 8.08. The molecule has 3 nitrogen and oxygen atoms in total. The van der Waals surface area contributed by atoms with E-state index in [2.05, 4.69) is 15.9 Å². The van der Waals surface area contributed by atoms with E-state index in [1.165, 1.54) is 6.07 Å². The summed E-state index contributed by atoms with van der Waals surface area (Å²) in [5.41, 5.74) is 1.79. The van der Waals surface area contributed by atoms with Crippen molar-refractivity contribution < 1.29 is 4.92 Å². The largest absolute Gasteiger partial charge is 0.272 e. The van der Waals surface area contributed by atoms with E-state index in [9.17, 15) is 10.1 Å². The minimum absolute atomic E-state index is 0.175. The number of halogens is 2. The van der Waals surface area contributed by atoms with Crippen LogP contribution < -0.4 is 0 Å². The Labute approximate surface area is 102 Å². The van der Waals surface area contributed by atoms with Gasteiger partial charge in [0.2, 0.25) is 0 Å². The molecule has 15 heavy (non-hydrogen) atoms. The first-order valence-corrected chi connectivity index (χ1v) is 6.23. The summed E-state index contributed by atoms with van der Waals surface area (Å²) in [6, 6.07) is 5.04. The second-order valence-electron chi connectivity index (χ2n) is 3.10. The molecule has 0 heterocycles. The van der Waals surface area contributed by atoms with Gasteiger partial charge in [-0.3, -0.25) is 10.1 Å². The lowest BCUT2D eigenvalue weighted by atomic mass is 10.0. The van der Waals surface area contributed by atoms with Crippen molar-refractivity contribution >= 4 is 33.2 Å². The van der Waals surface area contributed by atoms with Gasteiger partial charge in [0, 0.05) is 22.8 Å². The minimum Gasteiger partial charge on any atom is -0.258 e. The van der Waals surface area contributed by atoms with Crippen molar-refractivity contribution in [3.8, 4) is 0 Å². The minimum atomic E-state index is -0.348. The fourth-order valence-electron chi connectivity index (χ4n) is 1.45. The Kier molecular flexibility index (Phi) is 5.05. The predicted molar refractivity (Wildman–Crippen MR) is 64.8 cm³/mol. The number of nitrogens with zero attached hydrogens (tertiary/aromatic N) is 1. The van der Waals surface area contributed by atoms with E-state index in [1.807, 2.05) is 6.07 Å². The average Bonchev–Trinajstić information content (AvgIpc) is 2.25. The van der Waals surface area contributed by atoms with Gasteiger partial charge in [0.1, 0.15) is 0 Å². The van der Waals surface area contributed by atoms with Gasteiger partial charge < -0.3 is 0 Å². The molecule has 1 aromatic carbocycles. The van der Waals surface area contributed by atoms with Crippen LogP contribution in [0.25, 0.3) is 0 Å². The number of nitro groups is 1. The van der Waals surface area contributed by atoms with Crippen molar-refractivity contribution in [2.45, 2.75) is 18.7 Å². The van der Waals surface area contributed by atoms with Crippen LogP contribution in [0.5, 0.6) is 0 Å². The molecule has 0 bridgehead atoms. The normalized spacial score (nSPS) is 10.3. The van der Waals surface area contributed by atoms with Crippen molar-refractivity contribution in [2.75, 3.05) is 5.33 Å². The predicted octanol–water partition coefficient (Wildman–Crippen LogP) is 3.66. The van der Waals surface area contributed by atoms with Crippen LogP contribution in [-0.2, 0) is 12.3 Å². The van der Waals surface area contributed by atoms with Gasteiger partial charge >= 0.3 is 0 Å². The molecule has 0 aliphatic rings. The molecule has 0 saturated carbocycles. The number of alkyl halides is 2. The third-order valence-electron chi connectivity index (χ3n) is 2.15. The Morgan fingerprint density at radius 1 is 1.47 bits per heavy atom. The lowest BCUT2D eigenvalue weighted by Gasteiger charge is -2.06. The van der Waals surface area contributed by atoms with E-state index in [4.69, 9.17) is 11.6 Å². The van der Waals surface area contributed by atoms with Gasteiger partial charge in [0.05, 0.1) is 4.92 Å². The Hall–Kier alpha value is -0.610. The van der Waals surface area contributed by atoms with E-state index in [-0.39, 0.29) is 10.6 Å². The summed E-state index contributed by atoms with van der Waals surface area (Å²) in [6.45, 7) is 0. The number of hydrogen-bond donors (Lipinski definition) is 0. The molecule has 0 aliphatic heterocycles. The highest BCUT2D eigenvalue weighted by molar-refractivity contribution is 9.09. The van der Waals surface area contributed by atoms with Crippen LogP contribution >= 0.6 is 27.5 Å². The van der Waals surface area contributed by atoms with E-state index >= 15 is 0 Å². The molecule has 0 radical (unpaired) electrons. The molecule has 0 spiro atoms. The third-order valence-corrected chi connectivity index (χ3v) is 3.00. The molecular weight excluding hydrogens is 281 g/mol. The van der Waals surface area contributed by atoms with Crippen LogP contribution in [0, 0.1) is 10.1 Å².